The Balaban J connectivity index is 1.55. The van der Waals surface area contributed by atoms with E-state index in [0.717, 1.165) is 35.3 Å². The maximum atomic E-state index is 13.1. The summed E-state index contributed by atoms with van der Waals surface area (Å²) in [6.07, 6.45) is 5.71. The van der Waals surface area contributed by atoms with Crippen LogP contribution in [0.2, 0.25) is 0 Å². The highest BCUT2D eigenvalue weighted by atomic mass is 32.2. The van der Waals surface area contributed by atoms with Crippen molar-refractivity contribution in [3.63, 3.8) is 0 Å². The number of aryl methyl sites for hydroxylation is 1. The zero-order chi connectivity index (χ0) is 22.5. The lowest BCUT2D eigenvalue weighted by molar-refractivity contribution is 0.0675. The van der Waals surface area contributed by atoms with E-state index in [0.29, 0.717) is 25.2 Å². The van der Waals surface area contributed by atoms with Crippen LogP contribution < -0.4 is 0 Å². The summed E-state index contributed by atoms with van der Waals surface area (Å²) in [5, 5.41) is 9.16. The molecule has 0 N–H and O–H groups in total. The molecule has 5 heterocycles. The molecule has 2 aliphatic rings. The van der Waals surface area contributed by atoms with Crippen molar-refractivity contribution >= 4 is 26.7 Å². The van der Waals surface area contributed by atoms with Crippen molar-refractivity contribution in [3.8, 4) is 11.4 Å². The van der Waals surface area contributed by atoms with Gasteiger partial charge in [-0.25, -0.2) is 8.42 Å². The van der Waals surface area contributed by atoms with Gasteiger partial charge in [-0.15, -0.1) is 0 Å². The molecule has 0 saturated carbocycles. The van der Waals surface area contributed by atoms with Gasteiger partial charge in [0.05, 0.1) is 28.8 Å². The fraction of sp³-hybridized carbons (Fsp3) is 0.545. The van der Waals surface area contributed by atoms with Crippen molar-refractivity contribution in [2.45, 2.75) is 38.6 Å². The first-order valence-corrected chi connectivity index (χ1v) is 12.7. The summed E-state index contributed by atoms with van der Waals surface area (Å²) in [5.41, 5.74) is 3.10. The van der Waals surface area contributed by atoms with Crippen LogP contribution in [0.15, 0.2) is 24.5 Å². The van der Waals surface area contributed by atoms with E-state index >= 15 is 0 Å². The van der Waals surface area contributed by atoms with E-state index in [2.05, 4.69) is 10.1 Å². The highest BCUT2D eigenvalue weighted by Crippen LogP contribution is 2.37. The summed E-state index contributed by atoms with van der Waals surface area (Å²) in [6.45, 7) is 3.23. The fourth-order valence-electron chi connectivity index (χ4n) is 4.86. The summed E-state index contributed by atoms with van der Waals surface area (Å²) in [6, 6.07) is 3.93. The van der Waals surface area contributed by atoms with Gasteiger partial charge in [0.2, 0.25) is 0 Å². The lowest BCUT2D eigenvalue weighted by Gasteiger charge is -2.23. The molecule has 32 heavy (non-hydrogen) atoms. The van der Waals surface area contributed by atoms with Gasteiger partial charge >= 0.3 is 0 Å². The molecule has 10 heteroatoms. The van der Waals surface area contributed by atoms with Crippen LogP contribution >= 0.6 is 0 Å². The Bertz CT molecular complexity index is 1290. The number of pyridine rings is 1. The third kappa shape index (κ3) is 3.86. The molecule has 170 valence electrons. The molecule has 2 saturated heterocycles. The number of fused-ring (bicyclic) bond motifs is 1. The van der Waals surface area contributed by atoms with Crippen LogP contribution in [0.5, 0.6) is 0 Å². The van der Waals surface area contributed by atoms with Gasteiger partial charge in [-0.05, 0) is 36.8 Å². The van der Waals surface area contributed by atoms with Crippen molar-refractivity contribution in [1.29, 1.82) is 0 Å². The largest absolute Gasteiger partial charge is 0.381 e. The maximum Gasteiger partial charge on any atom is 0.165 e. The van der Waals surface area contributed by atoms with Gasteiger partial charge in [0, 0.05) is 44.6 Å². The van der Waals surface area contributed by atoms with Crippen LogP contribution in [0.1, 0.15) is 49.0 Å². The van der Waals surface area contributed by atoms with E-state index in [4.69, 9.17) is 9.84 Å². The van der Waals surface area contributed by atoms with E-state index in [9.17, 15) is 13.2 Å². The number of ether oxygens (including phenoxy) is 1. The Morgan fingerprint density at radius 3 is 2.75 bits per heavy atom. The summed E-state index contributed by atoms with van der Waals surface area (Å²) in [7, 11) is -1.20. The first-order valence-electron chi connectivity index (χ1n) is 10.9. The monoisotopic (exact) mass is 457 g/mol. The Kier molecular flexibility index (Phi) is 5.16. The maximum absolute atomic E-state index is 13.1. The highest BCUT2D eigenvalue weighted by molar-refractivity contribution is 7.91. The van der Waals surface area contributed by atoms with Gasteiger partial charge in [0.15, 0.2) is 15.6 Å². The van der Waals surface area contributed by atoms with Gasteiger partial charge in [0.25, 0.3) is 0 Å². The second-order valence-electron chi connectivity index (χ2n) is 9.32. The first-order chi connectivity index (χ1) is 15.2. The Hall–Kier alpha value is -2.59. The number of nitrogens with zero attached hydrogens (tertiary/aromatic N) is 5. The topological polar surface area (TPSA) is 109 Å². The molecule has 0 bridgehead atoms. The molecule has 0 aromatic carbocycles. The molecule has 3 aromatic rings. The van der Waals surface area contributed by atoms with Crippen LogP contribution in [0.4, 0.5) is 0 Å². The number of hydrogen-bond donors (Lipinski definition) is 0. The fourth-order valence-corrected chi connectivity index (χ4v) is 7.12. The molecule has 0 amide bonds. The average Bonchev–Trinajstić information content (AvgIpc) is 3.42. The summed E-state index contributed by atoms with van der Waals surface area (Å²) in [5.74, 6) is 0.130. The zero-order valence-electron chi connectivity index (χ0n) is 18.3. The van der Waals surface area contributed by atoms with Crippen LogP contribution in [-0.2, 0) is 21.6 Å². The predicted octanol–water partition coefficient (Wildman–Crippen LogP) is 2.58. The van der Waals surface area contributed by atoms with Crippen LogP contribution in [0.25, 0.3) is 22.4 Å². The predicted molar refractivity (Wildman–Crippen MR) is 119 cm³/mol. The number of aromatic nitrogens is 5. The van der Waals surface area contributed by atoms with Crippen molar-refractivity contribution in [2.75, 3.05) is 24.7 Å². The number of hydrogen-bond acceptors (Lipinski definition) is 7. The molecule has 0 aliphatic carbocycles. The third-order valence-corrected chi connectivity index (χ3v) is 8.60. The molecule has 1 atom stereocenters. The smallest absolute Gasteiger partial charge is 0.165 e. The summed E-state index contributed by atoms with van der Waals surface area (Å²) >= 11 is 0. The van der Waals surface area contributed by atoms with E-state index in [1.165, 1.54) is 0 Å². The van der Waals surface area contributed by atoms with Gasteiger partial charge < -0.3 is 4.74 Å². The molecule has 0 radical (unpaired) electrons. The molecule has 3 aromatic heterocycles. The van der Waals surface area contributed by atoms with E-state index < -0.39 is 15.3 Å². The Labute approximate surface area is 186 Å². The number of Topliss-reactive ketones (excluding diaryl/α,β-unsaturated/α-hetero) is 1. The number of rotatable bonds is 5. The second kappa shape index (κ2) is 7.77. The number of sulfone groups is 1. The second-order valence-corrected chi connectivity index (χ2v) is 11.5. The molecule has 2 aliphatic heterocycles. The van der Waals surface area contributed by atoms with Crippen molar-refractivity contribution in [2.24, 2.45) is 12.5 Å². The molecule has 9 nitrogen and oxygen atoms in total. The average molecular weight is 458 g/mol. The van der Waals surface area contributed by atoms with Crippen LogP contribution in [0.3, 0.4) is 0 Å². The van der Waals surface area contributed by atoms with E-state index in [1.54, 1.807) is 17.1 Å². The van der Waals surface area contributed by atoms with Crippen LogP contribution in [-0.4, -0.2) is 63.5 Å². The molecular weight excluding hydrogens is 430 g/mol. The normalized spacial score (nSPS) is 23.7. The number of carbonyl (C=O) groups excluding carboxylic acids is 1. The van der Waals surface area contributed by atoms with Crippen LogP contribution in [0, 0.1) is 5.41 Å². The molecule has 2 fully saturated rings. The van der Waals surface area contributed by atoms with Crippen molar-refractivity contribution in [3.05, 3.63) is 30.1 Å². The molecule has 1 unspecified atom stereocenters. The van der Waals surface area contributed by atoms with E-state index in [1.807, 2.05) is 30.8 Å². The van der Waals surface area contributed by atoms with Crippen molar-refractivity contribution in [1.82, 2.24) is 24.5 Å². The quantitative estimate of drug-likeness (QED) is 0.542. The minimum Gasteiger partial charge on any atom is -0.381 e. The number of carbonyl (C=O) groups is 1. The third-order valence-electron chi connectivity index (χ3n) is 6.64. The SMILES string of the molecule is Cn1nccc1-c1nn(C2CCOCC2)c2cc(C(=O)CC3(C)CCS(=O)(=O)C3)cnc12. The standard InChI is InChI=1S/C22H27N5O4S/c1-22(6-10-32(29,30)14-22)12-19(28)15-11-18-20(23-13-15)21(17-3-7-24-26(17)2)25-27(18)16-4-8-31-9-5-16/h3,7,11,13,16H,4-6,8-10,12,14H2,1-2H3. The van der Waals surface area contributed by atoms with Gasteiger partial charge in [0.1, 0.15) is 11.2 Å². The number of ketones is 1. The Morgan fingerprint density at radius 1 is 1.31 bits per heavy atom. The molecule has 0 spiro atoms. The lowest BCUT2D eigenvalue weighted by atomic mass is 9.83. The first kappa shape index (κ1) is 21.3. The zero-order valence-corrected chi connectivity index (χ0v) is 19.1. The van der Waals surface area contributed by atoms with Gasteiger partial charge in [-0.2, -0.15) is 10.2 Å². The molecular formula is C22H27N5O4S. The van der Waals surface area contributed by atoms with Crippen molar-refractivity contribution < 1.29 is 17.9 Å². The Morgan fingerprint density at radius 2 is 2.09 bits per heavy atom. The molecule has 5 rings (SSSR count). The summed E-state index contributed by atoms with van der Waals surface area (Å²) in [4.78, 5) is 17.8. The minimum absolute atomic E-state index is 0.0616. The summed E-state index contributed by atoms with van der Waals surface area (Å²) < 4.78 is 33.2. The van der Waals surface area contributed by atoms with Gasteiger partial charge in [-0.3, -0.25) is 19.1 Å². The lowest BCUT2D eigenvalue weighted by Crippen LogP contribution is -2.22. The minimum atomic E-state index is -3.07. The van der Waals surface area contributed by atoms with Gasteiger partial charge in [-0.1, -0.05) is 6.92 Å². The highest BCUT2D eigenvalue weighted by Gasteiger charge is 2.40. The van der Waals surface area contributed by atoms with E-state index in [-0.39, 0.29) is 29.8 Å².